The number of carbonyl (C=O) groups excluding carboxylic acids is 1. The highest BCUT2D eigenvalue weighted by Crippen LogP contribution is 2.41. The molecule has 2 aliphatic rings. The fourth-order valence-corrected chi connectivity index (χ4v) is 3.11. The third-order valence-electron chi connectivity index (χ3n) is 4.22. The van der Waals surface area contributed by atoms with Crippen LogP contribution in [0.2, 0.25) is 0 Å². The first-order valence-corrected chi connectivity index (χ1v) is 7.98. The number of nitrogens with zero attached hydrogens (tertiary/aromatic N) is 2. The topological polar surface area (TPSA) is 60.9 Å². The molecule has 6 heteroatoms. The summed E-state index contributed by atoms with van der Waals surface area (Å²) in [5.74, 6) is 0. The molecule has 2 unspecified atom stereocenters. The average molecular weight is 320 g/mol. The maximum atomic E-state index is 12.3. The molecule has 23 heavy (non-hydrogen) atoms. The van der Waals surface area contributed by atoms with Crippen molar-refractivity contribution in [3.05, 3.63) is 29.6 Å². The van der Waals surface area contributed by atoms with Crippen molar-refractivity contribution in [1.82, 2.24) is 9.88 Å². The Morgan fingerprint density at radius 1 is 1.43 bits per heavy atom. The van der Waals surface area contributed by atoms with Gasteiger partial charge in [-0.05, 0) is 39.8 Å². The van der Waals surface area contributed by atoms with Crippen LogP contribution in [0, 0.1) is 6.92 Å². The van der Waals surface area contributed by atoms with Crippen molar-refractivity contribution in [2.75, 3.05) is 19.9 Å². The number of aromatic nitrogens is 1. The summed E-state index contributed by atoms with van der Waals surface area (Å²) in [6.07, 6.45) is 0.116. The SMILES string of the molecule is Cc1cccc(C23CCN(C(=O)OC(C)(C)C)CC2OCO3)n1. The summed E-state index contributed by atoms with van der Waals surface area (Å²) in [7, 11) is 0. The Labute approximate surface area is 136 Å². The van der Waals surface area contributed by atoms with Crippen LogP contribution >= 0.6 is 0 Å². The quantitative estimate of drug-likeness (QED) is 0.796. The number of hydrogen-bond donors (Lipinski definition) is 0. The minimum Gasteiger partial charge on any atom is -0.444 e. The molecule has 126 valence electrons. The Kier molecular flexibility index (Phi) is 4.06. The number of hydrogen-bond acceptors (Lipinski definition) is 5. The van der Waals surface area contributed by atoms with Crippen molar-refractivity contribution in [3.8, 4) is 0 Å². The lowest BCUT2D eigenvalue weighted by Crippen LogP contribution is -2.54. The number of ether oxygens (including phenoxy) is 3. The second-order valence-corrected chi connectivity index (χ2v) is 7.15. The molecule has 2 atom stereocenters. The first-order chi connectivity index (χ1) is 10.8. The van der Waals surface area contributed by atoms with Gasteiger partial charge in [-0.1, -0.05) is 6.07 Å². The minimum atomic E-state index is -0.565. The number of pyridine rings is 1. The average Bonchev–Trinajstić information content (AvgIpc) is 2.89. The maximum absolute atomic E-state index is 12.3. The molecule has 3 heterocycles. The normalized spacial score (nSPS) is 27.7. The van der Waals surface area contributed by atoms with E-state index in [1.165, 1.54) is 0 Å². The Morgan fingerprint density at radius 2 is 2.22 bits per heavy atom. The molecule has 0 aliphatic carbocycles. The van der Waals surface area contributed by atoms with Crippen molar-refractivity contribution in [2.45, 2.75) is 51.4 Å². The first-order valence-electron chi connectivity index (χ1n) is 7.98. The zero-order valence-electron chi connectivity index (χ0n) is 14.2. The van der Waals surface area contributed by atoms with Crippen LogP contribution in [-0.4, -0.2) is 47.6 Å². The predicted molar refractivity (Wildman–Crippen MR) is 83.9 cm³/mol. The van der Waals surface area contributed by atoms with Crippen LogP contribution in [0.4, 0.5) is 4.79 Å². The molecule has 0 aromatic carbocycles. The molecule has 2 saturated heterocycles. The minimum absolute atomic E-state index is 0.224. The molecule has 1 amide bonds. The van der Waals surface area contributed by atoms with Gasteiger partial charge in [0.2, 0.25) is 0 Å². The summed E-state index contributed by atoms with van der Waals surface area (Å²) in [5.41, 5.74) is 0.755. The van der Waals surface area contributed by atoms with E-state index >= 15 is 0 Å². The molecule has 0 radical (unpaired) electrons. The lowest BCUT2D eigenvalue weighted by Gasteiger charge is -2.41. The van der Waals surface area contributed by atoms with Crippen molar-refractivity contribution < 1.29 is 19.0 Å². The Hall–Kier alpha value is -1.66. The van der Waals surface area contributed by atoms with E-state index in [2.05, 4.69) is 4.98 Å². The lowest BCUT2D eigenvalue weighted by molar-refractivity contribution is -0.0564. The molecule has 0 spiro atoms. The molecule has 1 aromatic rings. The van der Waals surface area contributed by atoms with E-state index in [4.69, 9.17) is 14.2 Å². The second kappa shape index (κ2) is 5.76. The summed E-state index contributed by atoms with van der Waals surface area (Å²) in [4.78, 5) is 18.6. The van der Waals surface area contributed by atoms with Crippen LogP contribution in [0.1, 0.15) is 38.6 Å². The van der Waals surface area contributed by atoms with E-state index in [9.17, 15) is 4.79 Å². The fraction of sp³-hybridized carbons (Fsp3) is 0.647. The van der Waals surface area contributed by atoms with Crippen LogP contribution in [0.3, 0.4) is 0 Å². The predicted octanol–water partition coefficient (Wildman–Crippen LogP) is 2.60. The molecule has 2 aliphatic heterocycles. The van der Waals surface area contributed by atoms with Gasteiger partial charge in [-0.25, -0.2) is 4.79 Å². The summed E-state index contributed by atoms with van der Waals surface area (Å²) in [6, 6.07) is 5.91. The highest BCUT2D eigenvalue weighted by molar-refractivity contribution is 5.68. The number of carbonyl (C=O) groups is 1. The van der Waals surface area contributed by atoms with Gasteiger partial charge in [0.1, 0.15) is 24.1 Å². The van der Waals surface area contributed by atoms with E-state index in [1.54, 1.807) is 4.90 Å². The monoisotopic (exact) mass is 320 g/mol. The smallest absolute Gasteiger partial charge is 0.410 e. The van der Waals surface area contributed by atoms with Gasteiger partial charge in [-0.3, -0.25) is 4.98 Å². The van der Waals surface area contributed by atoms with Crippen molar-refractivity contribution >= 4 is 6.09 Å². The lowest BCUT2D eigenvalue weighted by atomic mass is 9.85. The van der Waals surface area contributed by atoms with Crippen LogP contribution in [0.25, 0.3) is 0 Å². The van der Waals surface area contributed by atoms with E-state index in [-0.39, 0.29) is 19.0 Å². The molecule has 3 rings (SSSR count). The van der Waals surface area contributed by atoms with Gasteiger partial charge in [-0.2, -0.15) is 0 Å². The van der Waals surface area contributed by atoms with Crippen molar-refractivity contribution in [3.63, 3.8) is 0 Å². The van der Waals surface area contributed by atoms with E-state index in [1.807, 2.05) is 45.9 Å². The van der Waals surface area contributed by atoms with E-state index < -0.39 is 11.2 Å². The highest BCUT2D eigenvalue weighted by atomic mass is 16.7. The summed E-state index contributed by atoms with van der Waals surface area (Å²) >= 11 is 0. The number of aryl methyl sites for hydroxylation is 1. The van der Waals surface area contributed by atoms with Gasteiger partial charge in [0.05, 0.1) is 12.2 Å². The fourth-order valence-electron chi connectivity index (χ4n) is 3.11. The summed E-state index contributed by atoms with van der Waals surface area (Å²) < 4.78 is 17.2. The summed E-state index contributed by atoms with van der Waals surface area (Å²) in [6.45, 7) is 8.79. The van der Waals surface area contributed by atoms with Crippen molar-refractivity contribution in [2.24, 2.45) is 0 Å². The van der Waals surface area contributed by atoms with Crippen LogP contribution in [-0.2, 0) is 19.8 Å². The third-order valence-corrected chi connectivity index (χ3v) is 4.22. The number of fused-ring (bicyclic) bond motifs is 1. The highest BCUT2D eigenvalue weighted by Gasteiger charge is 2.52. The van der Waals surface area contributed by atoms with Crippen LogP contribution in [0.5, 0.6) is 0 Å². The van der Waals surface area contributed by atoms with Gasteiger partial charge < -0.3 is 19.1 Å². The van der Waals surface area contributed by atoms with Gasteiger partial charge in [0, 0.05) is 18.7 Å². The molecule has 0 bridgehead atoms. The van der Waals surface area contributed by atoms with E-state index in [0.717, 1.165) is 11.4 Å². The molecule has 0 N–H and O–H groups in total. The number of piperidine rings is 1. The Balaban J connectivity index is 1.78. The van der Waals surface area contributed by atoms with Gasteiger partial charge >= 0.3 is 6.09 Å². The van der Waals surface area contributed by atoms with Gasteiger partial charge in [0.15, 0.2) is 0 Å². The number of likely N-dealkylation sites (tertiary alicyclic amines) is 1. The molecule has 1 aromatic heterocycles. The number of amides is 1. The molecule has 2 fully saturated rings. The van der Waals surface area contributed by atoms with Crippen molar-refractivity contribution in [1.29, 1.82) is 0 Å². The third kappa shape index (κ3) is 3.19. The molecule has 0 saturated carbocycles. The Morgan fingerprint density at radius 3 is 2.91 bits per heavy atom. The zero-order chi connectivity index (χ0) is 16.7. The zero-order valence-corrected chi connectivity index (χ0v) is 14.2. The molecule has 6 nitrogen and oxygen atoms in total. The number of rotatable bonds is 1. The second-order valence-electron chi connectivity index (χ2n) is 7.15. The summed E-state index contributed by atoms with van der Waals surface area (Å²) in [5, 5.41) is 0. The largest absolute Gasteiger partial charge is 0.444 e. The van der Waals surface area contributed by atoms with Crippen LogP contribution in [0.15, 0.2) is 18.2 Å². The van der Waals surface area contributed by atoms with Crippen LogP contribution < -0.4 is 0 Å². The molecular weight excluding hydrogens is 296 g/mol. The first kappa shape index (κ1) is 16.2. The molecular formula is C17H24N2O4. The van der Waals surface area contributed by atoms with Gasteiger partial charge in [0.25, 0.3) is 0 Å². The Bertz CT molecular complexity index is 599. The van der Waals surface area contributed by atoms with Gasteiger partial charge in [-0.15, -0.1) is 0 Å². The standard InChI is InChI=1S/C17H24N2O4/c1-12-6-5-7-13(18-12)17-8-9-19(10-14(17)21-11-22-17)15(20)23-16(2,3)4/h5-7,14H,8-11H2,1-4H3. The van der Waals surface area contributed by atoms with E-state index in [0.29, 0.717) is 19.5 Å². The maximum Gasteiger partial charge on any atom is 0.410 e.